The molecule has 3 aromatic rings. The van der Waals surface area contributed by atoms with E-state index in [0.29, 0.717) is 17.7 Å². The molecule has 1 aromatic carbocycles. The molecule has 0 aliphatic heterocycles. The third-order valence-corrected chi connectivity index (χ3v) is 3.74. The maximum atomic E-state index is 13.7. The van der Waals surface area contributed by atoms with Crippen molar-refractivity contribution < 1.29 is 9.18 Å². The van der Waals surface area contributed by atoms with Crippen LogP contribution in [-0.2, 0) is 13.1 Å². The second-order valence-electron chi connectivity index (χ2n) is 5.15. The smallest absolute Gasteiger partial charge is 0.260 e. The van der Waals surface area contributed by atoms with Gasteiger partial charge in [0.25, 0.3) is 5.91 Å². The first-order valence-corrected chi connectivity index (χ1v) is 7.74. The second kappa shape index (κ2) is 6.84. The highest BCUT2D eigenvalue weighted by Crippen LogP contribution is 2.21. The molecule has 0 spiro atoms. The summed E-state index contributed by atoms with van der Waals surface area (Å²) in [6.07, 6.45) is 4.65. The number of halogens is 2. The Hall–Kier alpha value is -2.67. The standard InChI is InChI=1S/C16H15ClFN5O/c1-2-22-9-12(7-19-22)16(24)20-15-13(17)10-23(21-15)8-11-5-3-4-6-14(11)18/h3-7,9-10H,2,8H2,1H3,(H,20,21,24). The average Bonchev–Trinajstić information content (AvgIpc) is 3.17. The van der Waals surface area contributed by atoms with Crippen molar-refractivity contribution in [2.45, 2.75) is 20.0 Å². The van der Waals surface area contributed by atoms with E-state index in [2.05, 4.69) is 15.5 Å². The molecule has 0 unspecified atom stereocenters. The molecule has 2 heterocycles. The number of rotatable bonds is 5. The Morgan fingerprint density at radius 1 is 1.29 bits per heavy atom. The SMILES string of the molecule is CCn1cc(C(=O)Nc2nn(Cc3ccccc3F)cc2Cl)cn1. The largest absolute Gasteiger partial charge is 0.304 e. The van der Waals surface area contributed by atoms with E-state index in [-0.39, 0.29) is 29.1 Å². The third kappa shape index (κ3) is 3.46. The summed E-state index contributed by atoms with van der Waals surface area (Å²) in [6, 6.07) is 6.42. The first-order chi connectivity index (χ1) is 11.6. The monoisotopic (exact) mass is 347 g/mol. The van der Waals surface area contributed by atoms with Gasteiger partial charge in [-0.15, -0.1) is 0 Å². The molecule has 0 radical (unpaired) electrons. The van der Waals surface area contributed by atoms with Gasteiger partial charge in [-0.1, -0.05) is 29.8 Å². The quantitative estimate of drug-likeness (QED) is 0.770. The number of aromatic nitrogens is 4. The van der Waals surface area contributed by atoms with Crippen LogP contribution in [0.25, 0.3) is 0 Å². The first-order valence-electron chi connectivity index (χ1n) is 7.37. The van der Waals surface area contributed by atoms with Crippen molar-refractivity contribution >= 4 is 23.3 Å². The van der Waals surface area contributed by atoms with Crippen LogP contribution in [0.3, 0.4) is 0 Å². The van der Waals surface area contributed by atoms with Crippen LogP contribution in [0.1, 0.15) is 22.8 Å². The summed E-state index contributed by atoms with van der Waals surface area (Å²) in [7, 11) is 0. The molecule has 0 saturated carbocycles. The fraction of sp³-hybridized carbons (Fsp3) is 0.188. The molecule has 6 nitrogen and oxygen atoms in total. The molecule has 0 fully saturated rings. The maximum absolute atomic E-state index is 13.7. The van der Waals surface area contributed by atoms with Crippen molar-refractivity contribution in [1.29, 1.82) is 0 Å². The van der Waals surface area contributed by atoms with E-state index in [9.17, 15) is 9.18 Å². The van der Waals surface area contributed by atoms with Crippen LogP contribution in [0, 0.1) is 5.82 Å². The zero-order valence-electron chi connectivity index (χ0n) is 12.9. The van der Waals surface area contributed by atoms with E-state index in [4.69, 9.17) is 11.6 Å². The lowest BCUT2D eigenvalue weighted by molar-refractivity contribution is 0.102. The highest BCUT2D eigenvalue weighted by atomic mass is 35.5. The van der Waals surface area contributed by atoms with E-state index in [1.807, 2.05) is 6.92 Å². The number of carbonyl (C=O) groups excluding carboxylic acids is 1. The van der Waals surface area contributed by atoms with Crippen molar-refractivity contribution in [2.24, 2.45) is 0 Å². The minimum absolute atomic E-state index is 0.218. The fourth-order valence-corrected chi connectivity index (χ4v) is 2.40. The maximum Gasteiger partial charge on any atom is 0.260 e. The van der Waals surface area contributed by atoms with Crippen molar-refractivity contribution in [2.75, 3.05) is 5.32 Å². The Morgan fingerprint density at radius 2 is 2.08 bits per heavy atom. The van der Waals surface area contributed by atoms with Gasteiger partial charge in [0.1, 0.15) is 10.8 Å². The molecular formula is C16H15ClFN5O. The van der Waals surface area contributed by atoms with Crippen LogP contribution in [0.2, 0.25) is 5.02 Å². The molecule has 0 aliphatic rings. The Morgan fingerprint density at radius 3 is 2.79 bits per heavy atom. The Kier molecular flexibility index (Phi) is 4.61. The Labute approximate surface area is 142 Å². The molecule has 1 N–H and O–H groups in total. The highest BCUT2D eigenvalue weighted by Gasteiger charge is 2.14. The van der Waals surface area contributed by atoms with Gasteiger partial charge in [-0.05, 0) is 13.0 Å². The summed E-state index contributed by atoms with van der Waals surface area (Å²) < 4.78 is 16.8. The van der Waals surface area contributed by atoms with Gasteiger partial charge in [0.15, 0.2) is 5.82 Å². The first kappa shape index (κ1) is 16.2. The molecular weight excluding hydrogens is 333 g/mol. The molecule has 1 amide bonds. The molecule has 0 aliphatic carbocycles. The van der Waals surface area contributed by atoms with Gasteiger partial charge in [0, 0.05) is 24.5 Å². The highest BCUT2D eigenvalue weighted by molar-refractivity contribution is 6.33. The zero-order chi connectivity index (χ0) is 17.1. The number of benzene rings is 1. The molecule has 0 bridgehead atoms. The summed E-state index contributed by atoms with van der Waals surface area (Å²) in [6.45, 7) is 2.82. The number of nitrogens with zero attached hydrogens (tertiary/aromatic N) is 4. The van der Waals surface area contributed by atoms with E-state index in [1.54, 1.807) is 35.3 Å². The van der Waals surface area contributed by atoms with E-state index in [0.717, 1.165) is 0 Å². The third-order valence-electron chi connectivity index (χ3n) is 3.46. The summed E-state index contributed by atoms with van der Waals surface area (Å²) in [5, 5.41) is 11.2. The van der Waals surface area contributed by atoms with Gasteiger partial charge in [0.05, 0.1) is 18.3 Å². The minimum atomic E-state index is -0.354. The Balaban J connectivity index is 1.74. The molecule has 2 aromatic heterocycles. The normalized spacial score (nSPS) is 10.8. The van der Waals surface area contributed by atoms with Crippen LogP contribution in [-0.4, -0.2) is 25.5 Å². The van der Waals surface area contributed by atoms with Crippen LogP contribution in [0.4, 0.5) is 10.2 Å². The minimum Gasteiger partial charge on any atom is -0.304 e. The lowest BCUT2D eigenvalue weighted by Gasteiger charge is -2.03. The lowest BCUT2D eigenvalue weighted by atomic mass is 10.2. The van der Waals surface area contributed by atoms with Crippen molar-refractivity contribution in [3.05, 3.63) is 64.8 Å². The van der Waals surface area contributed by atoms with E-state index < -0.39 is 0 Å². The molecule has 0 atom stereocenters. The number of aryl methyl sites for hydroxylation is 1. The number of hydrogen-bond donors (Lipinski definition) is 1. The van der Waals surface area contributed by atoms with Gasteiger partial charge in [-0.3, -0.25) is 14.2 Å². The lowest BCUT2D eigenvalue weighted by Crippen LogP contribution is -2.12. The van der Waals surface area contributed by atoms with Crippen LogP contribution < -0.4 is 5.32 Å². The molecule has 3 rings (SSSR count). The topological polar surface area (TPSA) is 64.7 Å². The summed E-state index contributed by atoms with van der Waals surface area (Å²) in [4.78, 5) is 12.2. The van der Waals surface area contributed by atoms with Gasteiger partial charge in [-0.2, -0.15) is 10.2 Å². The fourth-order valence-electron chi connectivity index (χ4n) is 2.20. The van der Waals surface area contributed by atoms with E-state index in [1.165, 1.54) is 16.9 Å². The number of anilines is 1. The Bertz CT molecular complexity index is 873. The number of amides is 1. The number of carbonyl (C=O) groups is 1. The van der Waals surface area contributed by atoms with Crippen molar-refractivity contribution in [3.8, 4) is 0 Å². The number of nitrogens with one attached hydrogen (secondary N) is 1. The van der Waals surface area contributed by atoms with Crippen LogP contribution in [0.5, 0.6) is 0 Å². The zero-order valence-corrected chi connectivity index (χ0v) is 13.7. The molecule has 124 valence electrons. The summed E-state index contributed by atoms with van der Waals surface area (Å²) in [5.41, 5.74) is 0.898. The molecule has 24 heavy (non-hydrogen) atoms. The number of hydrogen-bond acceptors (Lipinski definition) is 3. The van der Waals surface area contributed by atoms with Gasteiger partial charge < -0.3 is 5.32 Å². The van der Waals surface area contributed by atoms with Crippen molar-refractivity contribution in [1.82, 2.24) is 19.6 Å². The molecule has 8 heteroatoms. The van der Waals surface area contributed by atoms with Crippen molar-refractivity contribution in [3.63, 3.8) is 0 Å². The predicted octanol–water partition coefficient (Wildman–Crippen LogP) is 3.19. The average molecular weight is 348 g/mol. The predicted molar refractivity (Wildman–Crippen MR) is 88.6 cm³/mol. The summed E-state index contributed by atoms with van der Waals surface area (Å²) in [5.74, 6) is -0.448. The van der Waals surface area contributed by atoms with Crippen LogP contribution >= 0.6 is 11.6 Å². The van der Waals surface area contributed by atoms with E-state index >= 15 is 0 Å². The summed E-state index contributed by atoms with van der Waals surface area (Å²) >= 11 is 6.10. The second-order valence-corrected chi connectivity index (χ2v) is 5.56. The molecule has 0 saturated heterocycles. The van der Waals surface area contributed by atoms with Gasteiger partial charge in [-0.25, -0.2) is 4.39 Å². The van der Waals surface area contributed by atoms with Gasteiger partial charge >= 0.3 is 0 Å². The van der Waals surface area contributed by atoms with Crippen LogP contribution in [0.15, 0.2) is 42.9 Å². The van der Waals surface area contributed by atoms with Gasteiger partial charge in [0.2, 0.25) is 0 Å².